The van der Waals surface area contributed by atoms with Crippen LogP contribution in [0, 0.1) is 0 Å². The number of imide groups is 1. The van der Waals surface area contributed by atoms with Crippen molar-refractivity contribution >= 4 is 57.0 Å². The minimum atomic E-state index is -0.386. The van der Waals surface area contributed by atoms with Crippen LogP contribution in [-0.2, 0) is 16.2 Å². The third kappa shape index (κ3) is 4.87. The number of carbonyl (C=O) groups excluding carboxylic acids is 2. The van der Waals surface area contributed by atoms with Gasteiger partial charge in [0.05, 0.1) is 17.5 Å². The molecule has 1 N–H and O–H groups in total. The summed E-state index contributed by atoms with van der Waals surface area (Å²) in [7, 11) is 0. The molecule has 2 aromatic rings. The van der Waals surface area contributed by atoms with E-state index in [1.807, 2.05) is 6.92 Å². The van der Waals surface area contributed by atoms with Gasteiger partial charge in [0.1, 0.15) is 6.61 Å². The summed E-state index contributed by atoms with van der Waals surface area (Å²) in [5.74, 6) is 0.315. The molecule has 1 heterocycles. The lowest BCUT2D eigenvalue weighted by molar-refractivity contribution is -0.124. The lowest BCUT2D eigenvalue weighted by atomic mass is 10.1. The van der Waals surface area contributed by atoms with Crippen molar-refractivity contribution in [2.24, 2.45) is 0 Å². The van der Waals surface area contributed by atoms with Gasteiger partial charge in [-0.05, 0) is 64.8 Å². The molecule has 1 saturated heterocycles. The number of carbonyl (C=O) groups is 2. The topological polar surface area (TPSA) is 64.6 Å². The Morgan fingerprint density at radius 2 is 1.96 bits per heavy atom. The van der Waals surface area contributed by atoms with Gasteiger partial charge >= 0.3 is 0 Å². The standard InChI is InChI=1S/C20H16BrCl2NO4/c1-2-27-19-15(21)6-11(5-12-9-18(25)24-20(12)26)7-17(19)28-10-13-8-14(22)3-4-16(13)23/h3-8H,2,9-10H2,1H3,(H,24,25,26). The Labute approximate surface area is 180 Å². The fourth-order valence-electron chi connectivity index (χ4n) is 2.69. The van der Waals surface area contributed by atoms with Crippen molar-refractivity contribution in [1.82, 2.24) is 5.32 Å². The largest absolute Gasteiger partial charge is 0.489 e. The summed E-state index contributed by atoms with van der Waals surface area (Å²) in [6, 6.07) is 8.69. The van der Waals surface area contributed by atoms with Gasteiger partial charge < -0.3 is 9.47 Å². The van der Waals surface area contributed by atoms with Crippen molar-refractivity contribution in [3.05, 3.63) is 61.5 Å². The Morgan fingerprint density at radius 1 is 1.18 bits per heavy atom. The molecule has 2 amide bonds. The third-order valence-corrected chi connectivity index (χ3v) is 5.14. The van der Waals surface area contributed by atoms with E-state index < -0.39 is 0 Å². The number of rotatable bonds is 6. The van der Waals surface area contributed by atoms with Crippen molar-refractivity contribution in [3.8, 4) is 11.5 Å². The molecule has 0 atom stereocenters. The molecule has 146 valence electrons. The van der Waals surface area contributed by atoms with E-state index in [2.05, 4.69) is 21.2 Å². The monoisotopic (exact) mass is 483 g/mol. The molecule has 8 heteroatoms. The molecule has 0 bridgehead atoms. The van der Waals surface area contributed by atoms with Crippen LogP contribution in [0.1, 0.15) is 24.5 Å². The fraction of sp³-hybridized carbons (Fsp3) is 0.200. The van der Waals surface area contributed by atoms with Gasteiger partial charge in [0.25, 0.3) is 5.91 Å². The number of hydrogen-bond donors (Lipinski definition) is 1. The van der Waals surface area contributed by atoms with Crippen LogP contribution >= 0.6 is 39.1 Å². The van der Waals surface area contributed by atoms with E-state index in [1.165, 1.54) is 0 Å². The first-order valence-electron chi connectivity index (χ1n) is 8.45. The maximum Gasteiger partial charge on any atom is 0.254 e. The number of amides is 2. The number of hydrogen-bond acceptors (Lipinski definition) is 4. The van der Waals surface area contributed by atoms with Crippen LogP contribution in [0.3, 0.4) is 0 Å². The second-order valence-corrected chi connectivity index (χ2v) is 7.71. The van der Waals surface area contributed by atoms with Gasteiger partial charge in [0, 0.05) is 21.2 Å². The highest BCUT2D eigenvalue weighted by Gasteiger charge is 2.24. The zero-order valence-corrected chi connectivity index (χ0v) is 18.0. The molecule has 0 aliphatic carbocycles. The number of halogens is 3. The van der Waals surface area contributed by atoms with E-state index >= 15 is 0 Å². The Balaban J connectivity index is 1.92. The molecular formula is C20H16BrCl2NO4. The highest BCUT2D eigenvalue weighted by atomic mass is 79.9. The van der Waals surface area contributed by atoms with Gasteiger partial charge in [-0.2, -0.15) is 0 Å². The molecule has 0 radical (unpaired) electrons. The van der Waals surface area contributed by atoms with Crippen molar-refractivity contribution < 1.29 is 19.1 Å². The minimum Gasteiger partial charge on any atom is -0.489 e. The SMILES string of the molecule is CCOc1c(Br)cc(C=C2CC(=O)NC2=O)cc1OCc1cc(Cl)ccc1Cl. The Morgan fingerprint density at radius 3 is 2.64 bits per heavy atom. The average molecular weight is 485 g/mol. The molecule has 28 heavy (non-hydrogen) atoms. The normalized spacial score (nSPS) is 15.1. The zero-order chi connectivity index (χ0) is 20.3. The van der Waals surface area contributed by atoms with Gasteiger partial charge in [-0.25, -0.2) is 0 Å². The van der Waals surface area contributed by atoms with Crippen molar-refractivity contribution in [3.63, 3.8) is 0 Å². The third-order valence-electron chi connectivity index (χ3n) is 3.95. The van der Waals surface area contributed by atoms with Crippen molar-refractivity contribution in [2.75, 3.05) is 6.61 Å². The predicted octanol–water partition coefficient (Wildman–Crippen LogP) is 5.16. The van der Waals surface area contributed by atoms with E-state index in [9.17, 15) is 9.59 Å². The highest BCUT2D eigenvalue weighted by Crippen LogP contribution is 2.38. The second-order valence-electron chi connectivity index (χ2n) is 6.01. The molecular weight excluding hydrogens is 469 g/mol. The quantitative estimate of drug-likeness (QED) is 0.454. The van der Waals surface area contributed by atoms with Crippen LogP contribution in [-0.4, -0.2) is 18.4 Å². The lowest BCUT2D eigenvalue weighted by Crippen LogP contribution is -2.19. The summed E-state index contributed by atoms with van der Waals surface area (Å²) in [6.45, 7) is 2.50. The summed E-state index contributed by atoms with van der Waals surface area (Å²) in [6.07, 6.45) is 1.71. The summed E-state index contributed by atoms with van der Waals surface area (Å²) >= 11 is 15.7. The Kier molecular flexibility index (Phi) is 6.65. The molecule has 0 aromatic heterocycles. The second kappa shape index (κ2) is 8.99. The smallest absolute Gasteiger partial charge is 0.254 e. The van der Waals surface area contributed by atoms with E-state index in [0.717, 1.165) is 5.56 Å². The highest BCUT2D eigenvalue weighted by molar-refractivity contribution is 9.10. The molecule has 1 aliphatic rings. The summed E-state index contributed by atoms with van der Waals surface area (Å²) in [5, 5.41) is 3.37. The Bertz CT molecular complexity index is 975. The molecule has 5 nitrogen and oxygen atoms in total. The first kappa shape index (κ1) is 20.7. The fourth-order valence-corrected chi connectivity index (χ4v) is 3.64. The summed E-state index contributed by atoms with van der Waals surface area (Å²) < 4.78 is 12.3. The molecule has 3 rings (SSSR count). The number of ether oxygens (including phenoxy) is 2. The molecule has 1 fully saturated rings. The first-order chi connectivity index (χ1) is 13.4. The van der Waals surface area contributed by atoms with Crippen LogP contribution in [0.4, 0.5) is 0 Å². The van der Waals surface area contributed by atoms with Crippen LogP contribution in [0.15, 0.2) is 40.4 Å². The molecule has 1 aliphatic heterocycles. The van der Waals surface area contributed by atoms with Gasteiger partial charge in [-0.1, -0.05) is 23.2 Å². The predicted molar refractivity (Wildman–Crippen MR) is 112 cm³/mol. The molecule has 0 saturated carbocycles. The van der Waals surface area contributed by atoms with E-state index in [1.54, 1.807) is 36.4 Å². The van der Waals surface area contributed by atoms with Crippen molar-refractivity contribution in [2.45, 2.75) is 20.0 Å². The maximum absolute atomic E-state index is 11.8. The average Bonchev–Trinajstić information content (AvgIpc) is 2.95. The van der Waals surface area contributed by atoms with Gasteiger partial charge in [0.2, 0.25) is 5.91 Å². The van der Waals surface area contributed by atoms with Crippen molar-refractivity contribution in [1.29, 1.82) is 0 Å². The van der Waals surface area contributed by atoms with Crippen LogP contribution in [0.5, 0.6) is 11.5 Å². The van der Waals surface area contributed by atoms with E-state index in [0.29, 0.717) is 43.8 Å². The summed E-state index contributed by atoms with van der Waals surface area (Å²) in [5.41, 5.74) is 1.82. The van der Waals surface area contributed by atoms with Gasteiger partial charge in [-0.15, -0.1) is 0 Å². The molecule has 0 spiro atoms. The number of benzene rings is 2. The Hall–Kier alpha value is -2.02. The summed E-state index contributed by atoms with van der Waals surface area (Å²) in [4.78, 5) is 23.2. The minimum absolute atomic E-state index is 0.0535. The van der Waals surface area contributed by atoms with E-state index in [-0.39, 0.29) is 24.8 Å². The lowest BCUT2D eigenvalue weighted by Gasteiger charge is -2.15. The maximum atomic E-state index is 11.8. The van der Waals surface area contributed by atoms with Crippen LogP contribution in [0.2, 0.25) is 10.0 Å². The van der Waals surface area contributed by atoms with Gasteiger partial charge in [0.15, 0.2) is 11.5 Å². The molecule has 2 aromatic carbocycles. The van der Waals surface area contributed by atoms with Crippen LogP contribution in [0.25, 0.3) is 6.08 Å². The van der Waals surface area contributed by atoms with Gasteiger partial charge in [-0.3, -0.25) is 14.9 Å². The van der Waals surface area contributed by atoms with E-state index in [4.69, 9.17) is 32.7 Å². The first-order valence-corrected chi connectivity index (χ1v) is 10.00. The number of nitrogens with one attached hydrogen (secondary N) is 1. The van der Waals surface area contributed by atoms with Crippen LogP contribution < -0.4 is 14.8 Å². The zero-order valence-electron chi connectivity index (χ0n) is 14.9. The molecule has 0 unspecified atom stereocenters.